The van der Waals surface area contributed by atoms with Gasteiger partial charge in [0.2, 0.25) is 0 Å². The Kier molecular flexibility index (Phi) is 5.66. The molecule has 5 heteroatoms. The van der Waals surface area contributed by atoms with Crippen molar-refractivity contribution in [2.75, 3.05) is 26.2 Å². The van der Waals surface area contributed by atoms with Gasteiger partial charge in [-0.25, -0.2) is 8.78 Å². The van der Waals surface area contributed by atoms with Crippen LogP contribution in [0.5, 0.6) is 0 Å². The van der Waals surface area contributed by atoms with E-state index < -0.39 is 6.43 Å². The standard InChI is InChI=1S/C13H23F2NO2/c1-13(2)5-3-4-10(12(13)18)8-16(6-7-17)9-11(14)15/h10-11,17H,3-9H2,1-2H3. The van der Waals surface area contributed by atoms with Gasteiger partial charge in [0, 0.05) is 24.4 Å². The number of aliphatic hydroxyl groups is 1. The summed E-state index contributed by atoms with van der Waals surface area (Å²) in [4.78, 5) is 13.7. The molecule has 1 rings (SSSR count). The molecule has 106 valence electrons. The van der Waals surface area contributed by atoms with Crippen molar-refractivity contribution in [3.63, 3.8) is 0 Å². The Morgan fingerprint density at radius 2 is 2.17 bits per heavy atom. The van der Waals surface area contributed by atoms with Crippen molar-refractivity contribution in [1.82, 2.24) is 4.90 Å². The van der Waals surface area contributed by atoms with Crippen LogP contribution in [0, 0.1) is 11.3 Å². The van der Waals surface area contributed by atoms with Gasteiger partial charge in [0.1, 0.15) is 5.78 Å². The maximum Gasteiger partial charge on any atom is 0.251 e. The highest BCUT2D eigenvalue weighted by atomic mass is 19.3. The van der Waals surface area contributed by atoms with Crippen molar-refractivity contribution in [3.8, 4) is 0 Å². The summed E-state index contributed by atoms with van der Waals surface area (Å²) < 4.78 is 24.8. The van der Waals surface area contributed by atoms with Gasteiger partial charge >= 0.3 is 0 Å². The molecule has 3 nitrogen and oxygen atoms in total. The van der Waals surface area contributed by atoms with Crippen LogP contribution in [-0.4, -0.2) is 48.5 Å². The third-order valence-corrected chi connectivity index (χ3v) is 3.68. The predicted molar refractivity (Wildman–Crippen MR) is 65.7 cm³/mol. The van der Waals surface area contributed by atoms with Crippen molar-refractivity contribution in [1.29, 1.82) is 0 Å². The smallest absolute Gasteiger partial charge is 0.251 e. The van der Waals surface area contributed by atoms with E-state index in [0.29, 0.717) is 6.54 Å². The molecule has 1 aliphatic rings. The molecule has 1 unspecified atom stereocenters. The number of halogens is 2. The summed E-state index contributed by atoms with van der Waals surface area (Å²) >= 11 is 0. The minimum atomic E-state index is -2.43. The van der Waals surface area contributed by atoms with E-state index in [1.807, 2.05) is 13.8 Å². The molecule has 0 aliphatic heterocycles. The van der Waals surface area contributed by atoms with E-state index >= 15 is 0 Å². The maximum absolute atomic E-state index is 12.4. The van der Waals surface area contributed by atoms with E-state index in [1.165, 1.54) is 4.90 Å². The Morgan fingerprint density at radius 3 is 2.72 bits per heavy atom. The number of aliphatic hydroxyl groups excluding tert-OH is 1. The van der Waals surface area contributed by atoms with E-state index in [-0.39, 0.29) is 36.8 Å². The summed E-state index contributed by atoms with van der Waals surface area (Å²) in [5.74, 6) is 0.00464. The molecule has 0 aromatic heterocycles. The van der Waals surface area contributed by atoms with Gasteiger partial charge in [-0.1, -0.05) is 20.3 Å². The molecule has 1 saturated carbocycles. The number of Topliss-reactive ketones (excluding diaryl/α,β-unsaturated/α-hetero) is 1. The van der Waals surface area contributed by atoms with Crippen LogP contribution in [0.25, 0.3) is 0 Å². The van der Waals surface area contributed by atoms with Gasteiger partial charge in [-0.15, -0.1) is 0 Å². The number of hydrogen-bond donors (Lipinski definition) is 1. The average molecular weight is 263 g/mol. The first-order valence-electron chi connectivity index (χ1n) is 6.52. The normalized spacial score (nSPS) is 23.9. The molecule has 1 N–H and O–H groups in total. The lowest BCUT2D eigenvalue weighted by atomic mass is 9.71. The highest BCUT2D eigenvalue weighted by Crippen LogP contribution is 2.35. The molecule has 0 aromatic carbocycles. The van der Waals surface area contributed by atoms with Crippen molar-refractivity contribution in [2.24, 2.45) is 11.3 Å². The fourth-order valence-electron chi connectivity index (χ4n) is 2.68. The van der Waals surface area contributed by atoms with Gasteiger partial charge in [0.15, 0.2) is 0 Å². The lowest BCUT2D eigenvalue weighted by molar-refractivity contribution is -0.135. The summed E-state index contributed by atoms with van der Waals surface area (Å²) in [7, 11) is 0. The zero-order valence-corrected chi connectivity index (χ0v) is 11.2. The lowest BCUT2D eigenvalue weighted by Crippen LogP contribution is -2.43. The molecule has 0 spiro atoms. The van der Waals surface area contributed by atoms with Crippen LogP contribution in [0.15, 0.2) is 0 Å². The molecule has 0 radical (unpaired) electrons. The molecule has 0 heterocycles. The van der Waals surface area contributed by atoms with Crippen molar-refractivity contribution >= 4 is 5.78 Å². The van der Waals surface area contributed by atoms with Gasteiger partial charge < -0.3 is 5.11 Å². The van der Waals surface area contributed by atoms with E-state index in [0.717, 1.165) is 19.3 Å². The summed E-state index contributed by atoms with van der Waals surface area (Å²) in [6.07, 6.45) is 0.179. The summed E-state index contributed by atoms with van der Waals surface area (Å²) in [6.45, 7) is 3.86. The number of hydrogen-bond acceptors (Lipinski definition) is 3. The molecule has 1 atom stereocenters. The Balaban J connectivity index is 2.59. The SMILES string of the molecule is CC1(C)CCCC(CN(CCO)CC(F)F)C1=O. The summed E-state index contributed by atoms with van der Waals surface area (Å²) in [5, 5.41) is 8.88. The molecule has 18 heavy (non-hydrogen) atoms. The second-order valence-corrected chi connectivity index (χ2v) is 5.71. The van der Waals surface area contributed by atoms with Gasteiger partial charge in [0.05, 0.1) is 13.2 Å². The second kappa shape index (κ2) is 6.57. The summed E-state index contributed by atoms with van der Waals surface area (Å²) in [6, 6.07) is 0. The Hall–Kier alpha value is -0.550. The quantitative estimate of drug-likeness (QED) is 0.796. The number of ketones is 1. The van der Waals surface area contributed by atoms with Crippen LogP contribution < -0.4 is 0 Å². The maximum atomic E-state index is 12.4. The number of alkyl halides is 2. The van der Waals surface area contributed by atoms with Gasteiger partial charge in [0.25, 0.3) is 6.43 Å². The van der Waals surface area contributed by atoms with Crippen LogP contribution in [0.1, 0.15) is 33.1 Å². The van der Waals surface area contributed by atoms with E-state index in [9.17, 15) is 13.6 Å². The zero-order valence-electron chi connectivity index (χ0n) is 11.2. The molecule has 0 saturated heterocycles. The zero-order chi connectivity index (χ0) is 13.8. The predicted octanol–water partition coefficient (Wildman–Crippen LogP) is 1.94. The van der Waals surface area contributed by atoms with Crippen LogP contribution in [0.3, 0.4) is 0 Å². The third-order valence-electron chi connectivity index (χ3n) is 3.68. The molecular formula is C13H23F2NO2. The fourth-order valence-corrected chi connectivity index (χ4v) is 2.68. The van der Waals surface area contributed by atoms with Crippen molar-refractivity contribution in [3.05, 3.63) is 0 Å². The fraction of sp³-hybridized carbons (Fsp3) is 0.923. The third kappa shape index (κ3) is 4.28. The number of nitrogens with zero attached hydrogens (tertiary/aromatic N) is 1. The topological polar surface area (TPSA) is 40.5 Å². The average Bonchev–Trinajstić information content (AvgIpc) is 2.24. The molecule has 0 amide bonds. The second-order valence-electron chi connectivity index (χ2n) is 5.71. The molecular weight excluding hydrogens is 240 g/mol. The van der Waals surface area contributed by atoms with Gasteiger partial charge in [-0.3, -0.25) is 9.69 Å². The number of carbonyl (C=O) groups excluding carboxylic acids is 1. The first-order chi connectivity index (χ1) is 8.36. The van der Waals surface area contributed by atoms with Gasteiger partial charge in [-0.2, -0.15) is 0 Å². The minimum absolute atomic E-state index is 0.156. The lowest BCUT2D eigenvalue weighted by Gasteiger charge is -2.36. The number of carbonyl (C=O) groups is 1. The summed E-state index contributed by atoms with van der Waals surface area (Å²) in [5.41, 5.74) is -0.335. The Morgan fingerprint density at radius 1 is 1.50 bits per heavy atom. The Labute approximate surface area is 107 Å². The largest absolute Gasteiger partial charge is 0.395 e. The minimum Gasteiger partial charge on any atom is -0.395 e. The molecule has 0 aromatic rings. The van der Waals surface area contributed by atoms with Gasteiger partial charge in [-0.05, 0) is 12.8 Å². The van der Waals surface area contributed by atoms with Crippen LogP contribution in [-0.2, 0) is 4.79 Å². The Bertz CT molecular complexity index is 282. The molecule has 1 aliphatic carbocycles. The van der Waals surface area contributed by atoms with Crippen molar-refractivity contribution in [2.45, 2.75) is 39.5 Å². The number of rotatable bonds is 6. The van der Waals surface area contributed by atoms with Crippen LogP contribution in [0.4, 0.5) is 8.78 Å². The van der Waals surface area contributed by atoms with Crippen LogP contribution >= 0.6 is 0 Å². The monoisotopic (exact) mass is 263 g/mol. The first kappa shape index (κ1) is 15.5. The van der Waals surface area contributed by atoms with E-state index in [1.54, 1.807) is 0 Å². The highest BCUT2D eigenvalue weighted by molar-refractivity contribution is 5.87. The molecule has 0 bridgehead atoms. The first-order valence-corrected chi connectivity index (χ1v) is 6.52. The highest BCUT2D eigenvalue weighted by Gasteiger charge is 2.37. The molecule has 1 fully saturated rings. The van der Waals surface area contributed by atoms with E-state index in [2.05, 4.69) is 0 Å². The van der Waals surface area contributed by atoms with E-state index in [4.69, 9.17) is 5.11 Å². The van der Waals surface area contributed by atoms with Crippen LogP contribution in [0.2, 0.25) is 0 Å². The van der Waals surface area contributed by atoms with Crippen molar-refractivity contribution < 1.29 is 18.7 Å².